The van der Waals surface area contributed by atoms with E-state index in [2.05, 4.69) is 10.6 Å². The number of halogens is 3. The number of benzene rings is 2. The Morgan fingerprint density at radius 2 is 1.97 bits per heavy atom. The summed E-state index contributed by atoms with van der Waals surface area (Å²) in [4.78, 5) is 22.6. The number of alkyl halides is 3. The average molecular weight is 467 g/mol. The third-order valence-corrected chi connectivity index (χ3v) is 5.05. The number of carbonyl (C=O) groups is 1. The van der Waals surface area contributed by atoms with Gasteiger partial charge in [-0.05, 0) is 43.5 Å². The smallest absolute Gasteiger partial charge is 0.416 e. The Bertz CT molecular complexity index is 978. The van der Waals surface area contributed by atoms with Gasteiger partial charge in [-0.1, -0.05) is 12.1 Å². The number of carbonyl (C=O) groups excluding carboxylic acids is 1. The van der Waals surface area contributed by atoms with Gasteiger partial charge in [0, 0.05) is 25.6 Å². The van der Waals surface area contributed by atoms with E-state index in [4.69, 9.17) is 9.47 Å². The quantitative estimate of drug-likeness (QED) is 0.397. The lowest BCUT2D eigenvalue weighted by molar-refractivity contribution is -0.384. The summed E-state index contributed by atoms with van der Waals surface area (Å²) in [6, 6.07) is 9.12. The van der Waals surface area contributed by atoms with Gasteiger partial charge >= 0.3 is 6.18 Å². The molecule has 0 bridgehead atoms. The van der Waals surface area contributed by atoms with E-state index in [9.17, 15) is 28.1 Å². The van der Waals surface area contributed by atoms with Crippen molar-refractivity contribution in [2.24, 2.45) is 0 Å². The molecule has 1 unspecified atom stereocenters. The summed E-state index contributed by atoms with van der Waals surface area (Å²) in [5.41, 5.74) is -1.46. The summed E-state index contributed by atoms with van der Waals surface area (Å²) in [6.07, 6.45) is -1.73. The van der Waals surface area contributed by atoms with Gasteiger partial charge in [0.05, 0.1) is 22.3 Å². The average Bonchev–Trinajstić information content (AvgIpc) is 2.78. The molecule has 178 valence electrons. The molecule has 1 heterocycles. The van der Waals surface area contributed by atoms with Crippen molar-refractivity contribution in [2.45, 2.75) is 38.0 Å². The lowest BCUT2D eigenvalue weighted by Gasteiger charge is -2.23. The van der Waals surface area contributed by atoms with Gasteiger partial charge in [0.2, 0.25) is 5.91 Å². The standard InChI is InChI=1S/C22H24F3N3O5/c23-22(24,25)15-8-9-17(19(13-15)28(30)31)26-11-10-21(29)27-18-6-1-2-7-20(18)33-14-16-5-3-4-12-32-16/h1-2,6-9,13,16,26H,3-5,10-12,14H2,(H,27,29). The molecule has 2 aromatic carbocycles. The normalized spacial score (nSPS) is 16.2. The zero-order chi connectivity index (χ0) is 23.8. The van der Waals surface area contributed by atoms with E-state index in [1.165, 1.54) is 0 Å². The molecule has 1 atom stereocenters. The SMILES string of the molecule is O=C(CCNc1ccc(C(F)(F)F)cc1[N+](=O)[O-])Nc1ccccc1OCC1CCCCO1. The van der Waals surface area contributed by atoms with E-state index < -0.39 is 22.4 Å². The van der Waals surface area contributed by atoms with Gasteiger partial charge in [-0.25, -0.2) is 0 Å². The van der Waals surface area contributed by atoms with Gasteiger partial charge in [-0.3, -0.25) is 14.9 Å². The second kappa shape index (κ2) is 11.0. The zero-order valence-corrected chi connectivity index (χ0v) is 17.7. The van der Waals surface area contributed by atoms with E-state index in [0.29, 0.717) is 30.7 Å². The number of anilines is 2. The Kier molecular flexibility index (Phi) is 8.10. The Labute approximate surface area is 188 Å². The second-order valence-corrected chi connectivity index (χ2v) is 7.51. The van der Waals surface area contributed by atoms with Crippen LogP contribution < -0.4 is 15.4 Å². The third kappa shape index (κ3) is 7.07. The molecule has 33 heavy (non-hydrogen) atoms. The van der Waals surface area contributed by atoms with E-state index in [1.54, 1.807) is 24.3 Å². The van der Waals surface area contributed by atoms with Crippen LogP contribution in [0.3, 0.4) is 0 Å². The van der Waals surface area contributed by atoms with Crippen molar-refractivity contribution in [3.63, 3.8) is 0 Å². The molecule has 11 heteroatoms. The number of amides is 1. The molecule has 2 aromatic rings. The molecule has 3 rings (SSSR count). The van der Waals surface area contributed by atoms with Crippen molar-refractivity contribution in [1.29, 1.82) is 0 Å². The first kappa shape index (κ1) is 24.3. The van der Waals surface area contributed by atoms with Gasteiger partial charge in [0.25, 0.3) is 5.69 Å². The maximum atomic E-state index is 12.8. The number of ether oxygens (including phenoxy) is 2. The first-order chi connectivity index (χ1) is 15.7. The zero-order valence-electron chi connectivity index (χ0n) is 17.7. The van der Waals surface area contributed by atoms with Crippen LogP contribution in [0.5, 0.6) is 5.75 Å². The molecule has 0 spiro atoms. The number of nitrogens with zero attached hydrogens (tertiary/aromatic N) is 1. The van der Waals surface area contributed by atoms with Gasteiger partial charge in [-0.15, -0.1) is 0 Å². The second-order valence-electron chi connectivity index (χ2n) is 7.51. The molecule has 1 fully saturated rings. The van der Waals surface area contributed by atoms with Gasteiger partial charge in [-0.2, -0.15) is 13.2 Å². The summed E-state index contributed by atoms with van der Waals surface area (Å²) in [6.45, 7) is 1.06. The van der Waals surface area contributed by atoms with Crippen molar-refractivity contribution >= 4 is 23.0 Å². The molecule has 8 nitrogen and oxygen atoms in total. The predicted molar refractivity (Wildman–Crippen MR) is 115 cm³/mol. The molecule has 1 aliphatic rings. The highest BCUT2D eigenvalue weighted by Crippen LogP contribution is 2.35. The van der Waals surface area contributed by atoms with E-state index >= 15 is 0 Å². The molecular formula is C22H24F3N3O5. The van der Waals surface area contributed by atoms with Crippen molar-refractivity contribution in [2.75, 3.05) is 30.4 Å². The van der Waals surface area contributed by atoms with E-state index in [-0.39, 0.29) is 30.7 Å². The summed E-state index contributed by atoms with van der Waals surface area (Å²) in [5, 5.41) is 16.5. The van der Waals surface area contributed by atoms with Crippen LogP contribution in [0.1, 0.15) is 31.2 Å². The lowest BCUT2D eigenvalue weighted by atomic mass is 10.1. The van der Waals surface area contributed by atoms with Crippen LogP contribution in [0.4, 0.5) is 30.2 Å². The summed E-state index contributed by atoms with van der Waals surface area (Å²) in [7, 11) is 0. The van der Waals surface area contributed by atoms with Crippen LogP contribution in [0, 0.1) is 10.1 Å². The van der Waals surface area contributed by atoms with Crippen molar-refractivity contribution in [3.05, 3.63) is 58.1 Å². The number of hydrogen-bond donors (Lipinski definition) is 2. The summed E-state index contributed by atoms with van der Waals surface area (Å²) >= 11 is 0. The van der Waals surface area contributed by atoms with Gasteiger partial charge in [0.1, 0.15) is 18.0 Å². The Morgan fingerprint density at radius 1 is 1.18 bits per heavy atom. The molecule has 2 N–H and O–H groups in total. The molecule has 0 radical (unpaired) electrons. The number of nitro groups is 1. The highest BCUT2D eigenvalue weighted by atomic mass is 19.4. The minimum absolute atomic E-state index is 0.00577. The van der Waals surface area contributed by atoms with Crippen LogP contribution >= 0.6 is 0 Å². The minimum Gasteiger partial charge on any atom is -0.489 e. The molecule has 0 saturated carbocycles. The van der Waals surface area contributed by atoms with Crippen LogP contribution in [-0.4, -0.2) is 36.7 Å². The first-order valence-electron chi connectivity index (χ1n) is 10.5. The fourth-order valence-electron chi connectivity index (χ4n) is 3.35. The number of para-hydroxylation sites is 2. The molecular weight excluding hydrogens is 443 g/mol. The molecule has 1 aliphatic heterocycles. The minimum atomic E-state index is -4.69. The maximum absolute atomic E-state index is 12.8. The fraction of sp³-hybridized carbons (Fsp3) is 0.409. The van der Waals surface area contributed by atoms with E-state index in [1.807, 2.05) is 0 Å². The van der Waals surface area contributed by atoms with Crippen LogP contribution in [0.2, 0.25) is 0 Å². The summed E-state index contributed by atoms with van der Waals surface area (Å²) < 4.78 is 49.9. The fourth-order valence-corrected chi connectivity index (χ4v) is 3.35. The Morgan fingerprint density at radius 3 is 2.67 bits per heavy atom. The van der Waals surface area contributed by atoms with Gasteiger partial charge < -0.3 is 20.1 Å². The number of nitro benzene ring substituents is 1. The molecule has 0 aliphatic carbocycles. The maximum Gasteiger partial charge on any atom is 0.416 e. The van der Waals surface area contributed by atoms with Crippen LogP contribution in [0.25, 0.3) is 0 Å². The topological polar surface area (TPSA) is 103 Å². The molecule has 1 amide bonds. The van der Waals surface area contributed by atoms with Crippen molar-refractivity contribution in [3.8, 4) is 5.75 Å². The van der Waals surface area contributed by atoms with Crippen LogP contribution in [0.15, 0.2) is 42.5 Å². The predicted octanol–water partition coefficient (Wildman–Crippen LogP) is 5.00. The summed E-state index contributed by atoms with van der Waals surface area (Å²) in [5.74, 6) is 0.105. The van der Waals surface area contributed by atoms with E-state index in [0.717, 1.165) is 31.4 Å². The molecule has 1 saturated heterocycles. The largest absolute Gasteiger partial charge is 0.489 e. The van der Waals surface area contributed by atoms with Crippen LogP contribution in [-0.2, 0) is 15.7 Å². The Hall–Kier alpha value is -3.34. The van der Waals surface area contributed by atoms with Crippen molar-refractivity contribution < 1.29 is 32.4 Å². The number of rotatable bonds is 9. The number of nitrogens with one attached hydrogen (secondary N) is 2. The molecule has 0 aromatic heterocycles. The van der Waals surface area contributed by atoms with Crippen molar-refractivity contribution in [1.82, 2.24) is 0 Å². The highest BCUT2D eigenvalue weighted by molar-refractivity contribution is 5.92. The number of hydrogen-bond acceptors (Lipinski definition) is 6. The lowest BCUT2D eigenvalue weighted by Crippen LogP contribution is -2.26. The monoisotopic (exact) mass is 467 g/mol. The van der Waals surface area contributed by atoms with Gasteiger partial charge in [0.15, 0.2) is 0 Å². The Balaban J connectivity index is 1.54. The first-order valence-corrected chi connectivity index (χ1v) is 10.5. The third-order valence-electron chi connectivity index (χ3n) is 5.05. The highest BCUT2D eigenvalue weighted by Gasteiger charge is 2.33.